The lowest BCUT2D eigenvalue weighted by atomic mass is 10.1. The van der Waals surface area contributed by atoms with E-state index in [4.69, 9.17) is 14.2 Å². The summed E-state index contributed by atoms with van der Waals surface area (Å²) in [5.41, 5.74) is -0.936. The van der Waals surface area contributed by atoms with Crippen LogP contribution in [0.25, 0.3) is 0 Å². The zero-order valence-electron chi connectivity index (χ0n) is 18.5. The van der Waals surface area contributed by atoms with Gasteiger partial charge in [0.05, 0.1) is 12.7 Å². The van der Waals surface area contributed by atoms with Crippen LogP contribution < -0.4 is 14.2 Å². The number of alkyl halides is 3. The number of nitrogens with zero attached hydrogens (tertiary/aromatic N) is 4. The van der Waals surface area contributed by atoms with Gasteiger partial charge in [-0.1, -0.05) is 23.4 Å². The number of aromatic nitrogens is 2. The Morgan fingerprint density at radius 1 is 0.971 bits per heavy atom. The number of carbonyl (C=O) groups is 1. The second-order valence-electron chi connectivity index (χ2n) is 6.63. The summed E-state index contributed by atoms with van der Waals surface area (Å²) < 4.78 is 70.3. The summed E-state index contributed by atoms with van der Waals surface area (Å²) in [4.78, 5) is 24.0. The third-order valence-electron chi connectivity index (χ3n) is 4.40. The smallest absolute Gasteiger partial charge is 0.487 e. The lowest BCUT2D eigenvalue weighted by molar-refractivity contribution is -0.229. The Labute approximate surface area is 196 Å². The van der Waals surface area contributed by atoms with Crippen LogP contribution in [0, 0.1) is 5.82 Å². The molecule has 1 heterocycles. The third-order valence-corrected chi connectivity index (χ3v) is 4.40. The lowest BCUT2D eigenvalue weighted by Crippen LogP contribution is -2.43. The molecule has 0 saturated heterocycles. The van der Waals surface area contributed by atoms with Gasteiger partial charge in [-0.2, -0.15) is 14.4 Å². The molecule has 35 heavy (non-hydrogen) atoms. The van der Waals surface area contributed by atoms with E-state index >= 15 is 4.39 Å². The molecular formula is C22H18F4N4O5. The molecule has 1 amide bonds. The molecule has 0 N–H and O–H groups in total. The number of para-hydroxylation sites is 1. The number of amides is 1. The Kier molecular flexibility index (Phi) is 7.69. The van der Waals surface area contributed by atoms with Crippen molar-refractivity contribution in [2.24, 2.45) is 5.16 Å². The van der Waals surface area contributed by atoms with E-state index < -0.39 is 40.4 Å². The van der Waals surface area contributed by atoms with Crippen LogP contribution in [0.4, 0.5) is 17.6 Å². The molecule has 3 rings (SSSR count). The normalized spacial score (nSPS) is 11.6. The minimum Gasteiger partial charge on any atom is -0.497 e. The number of oxime groups is 1. The molecule has 0 bridgehead atoms. The van der Waals surface area contributed by atoms with Crippen LogP contribution in [0.3, 0.4) is 0 Å². The van der Waals surface area contributed by atoms with Crippen molar-refractivity contribution < 1.29 is 41.4 Å². The van der Waals surface area contributed by atoms with Crippen molar-refractivity contribution in [1.29, 1.82) is 0 Å². The van der Waals surface area contributed by atoms with Gasteiger partial charge in [0, 0.05) is 13.1 Å². The summed E-state index contributed by atoms with van der Waals surface area (Å²) in [7, 11) is 3.03. The number of carbonyl (C=O) groups excluding carboxylic acids is 1. The first kappa shape index (κ1) is 25.2. The molecule has 0 atom stereocenters. The van der Waals surface area contributed by atoms with Gasteiger partial charge in [0.15, 0.2) is 5.71 Å². The van der Waals surface area contributed by atoms with Crippen LogP contribution in [0.15, 0.2) is 60.0 Å². The van der Waals surface area contributed by atoms with Crippen LogP contribution in [0.1, 0.15) is 5.56 Å². The molecule has 0 unspecified atom stereocenters. The lowest BCUT2D eigenvalue weighted by Gasteiger charge is -2.21. The van der Waals surface area contributed by atoms with Gasteiger partial charge in [-0.15, -0.1) is 13.2 Å². The molecule has 0 aliphatic carbocycles. The van der Waals surface area contributed by atoms with Crippen LogP contribution in [-0.2, 0) is 9.63 Å². The van der Waals surface area contributed by atoms with E-state index in [2.05, 4.69) is 20.0 Å². The van der Waals surface area contributed by atoms with Crippen LogP contribution in [-0.4, -0.2) is 54.1 Å². The molecule has 0 radical (unpaired) electrons. The standard InChI is InChI=1S/C22H18F4N4O5/c1-30(22(24,25)26)21(31)18(29-33-3)15-9-4-5-10-16(15)35-20-17(23)19(27-12-28-20)34-14-8-6-7-13(11-14)32-2/h4-12H,1-3H3. The highest BCUT2D eigenvalue weighted by Gasteiger charge is 2.40. The zero-order chi connectivity index (χ0) is 25.6. The largest absolute Gasteiger partial charge is 0.497 e. The van der Waals surface area contributed by atoms with Crippen molar-refractivity contribution in [1.82, 2.24) is 14.9 Å². The summed E-state index contributed by atoms with van der Waals surface area (Å²) in [6, 6.07) is 11.7. The van der Waals surface area contributed by atoms with E-state index in [9.17, 15) is 18.0 Å². The van der Waals surface area contributed by atoms with Crippen molar-refractivity contribution in [2.75, 3.05) is 21.3 Å². The second kappa shape index (κ2) is 10.7. The SMILES string of the molecule is CON=C(C(=O)N(C)C(F)(F)F)c1ccccc1Oc1ncnc(Oc2cccc(OC)c2)c1F. The average Bonchev–Trinajstić information content (AvgIpc) is 2.84. The van der Waals surface area contributed by atoms with E-state index in [0.717, 1.165) is 13.4 Å². The maximum atomic E-state index is 15.1. The number of likely N-dealkylation sites (N-methyl/N-ethyl adjacent to an activating group) is 1. The number of halogens is 4. The first-order valence-corrected chi connectivity index (χ1v) is 9.71. The van der Waals surface area contributed by atoms with Gasteiger partial charge in [0.1, 0.15) is 30.7 Å². The van der Waals surface area contributed by atoms with Gasteiger partial charge < -0.3 is 19.0 Å². The second-order valence-corrected chi connectivity index (χ2v) is 6.63. The number of methoxy groups -OCH3 is 1. The van der Waals surface area contributed by atoms with Crippen LogP contribution >= 0.6 is 0 Å². The molecule has 0 spiro atoms. The number of hydrogen-bond acceptors (Lipinski definition) is 8. The van der Waals surface area contributed by atoms with Crippen LogP contribution in [0.5, 0.6) is 29.0 Å². The monoisotopic (exact) mass is 494 g/mol. The van der Waals surface area contributed by atoms with Gasteiger partial charge >= 0.3 is 6.30 Å². The van der Waals surface area contributed by atoms with Crippen molar-refractivity contribution in [3.05, 3.63) is 66.2 Å². The highest BCUT2D eigenvalue weighted by Crippen LogP contribution is 2.32. The molecule has 0 fully saturated rings. The zero-order valence-corrected chi connectivity index (χ0v) is 18.5. The van der Waals surface area contributed by atoms with Gasteiger partial charge in [-0.3, -0.25) is 9.69 Å². The molecule has 1 aromatic heterocycles. The number of rotatable bonds is 8. The van der Waals surface area contributed by atoms with E-state index in [1.807, 2.05) is 0 Å². The molecular weight excluding hydrogens is 476 g/mol. The number of hydrogen-bond donors (Lipinski definition) is 0. The van der Waals surface area contributed by atoms with Crippen molar-refractivity contribution >= 4 is 11.6 Å². The molecule has 0 aliphatic rings. The molecule has 0 aliphatic heterocycles. The predicted molar refractivity (Wildman–Crippen MR) is 114 cm³/mol. The Bertz CT molecular complexity index is 1240. The van der Waals surface area contributed by atoms with Gasteiger partial charge in [-0.25, -0.2) is 0 Å². The number of benzene rings is 2. The maximum absolute atomic E-state index is 15.1. The molecule has 3 aromatic rings. The van der Waals surface area contributed by atoms with E-state index in [-0.39, 0.29) is 17.1 Å². The van der Waals surface area contributed by atoms with Gasteiger partial charge in [-0.05, 0) is 24.3 Å². The van der Waals surface area contributed by atoms with E-state index in [0.29, 0.717) is 12.8 Å². The fourth-order valence-corrected chi connectivity index (χ4v) is 2.68. The highest BCUT2D eigenvalue weighted by molar-refractivity contribution is 6.45. The van der Waals surface area contributed by atoms with Crippen LogP contribution in [0.2, 0.25) is 0 Å². The van der Waals surface area contributed by atoms with Crippen molar-refractivity contribution in [3.63, 3.8) is 0 Å². The molecule has 0 saturated carbocycles. The summed E-state index contributed by atoms with van der Waals surface area (Å²) in [6.45, 7) is 0. The summed E-state index contributed by atoms with van der Waals surface area (Å²) in [5.74, 6) is -3.28. The minimum absolute atomic E-state index is 0.205. The first-order chi connectivity index (χ1) is 16.7. The Hall–Kier alpha value is -4.42. The summed E-state index contributed by atoms with van der Waals surface area (Å²) >= 11 is 0. The topological polar surface area (TPSA) is 95.4 Å². The Morgan fingerprint density at radius 3 is 2.29 bits per heavy atom. The molecule has 9 nitrogen and oxygen atoms in total. The third kappa shape index (κ3) is 5.93. The van der Waals surface area contributed by atoms with Crippen molar-refractivity contribution in [3.8, 4) is 29.0 Å². The first-order valence-electron chi connectivity index (χ1n) is 9.71. The van der Waals surface area contributed by atoms with Gasteiger partial charge in [0.2, 0.25) is 5.82 Å². The molecule has 184 valence electrons. The highest BCUT2D eigenvalue weighted by atomic mass is 19.4. The fraction of sp³-hybridized carbons (Fsp3) is 0.182. The Morgan fingerprint density at radius 2 is 1.63 bits per heavy atom. The minimum atomic E-state index is -4.98. The summed E-state index contributed by atoms with van der Waals surface area (Å²) in [5, 5.41) is 3.43. The summed E-state index contributed by atoms with van der Waals surface area (Å²) in [6.07, 6.45) is -4.02. The number of ether oxygens (including phenoxy) is 3. The quantitative estimate of drug-likeness (QED) is 0.196. The Balaban J connectivity index is 1.95. The molecule has 13 heteroatoms. The maximum Gasteiger partial charge on any atom is 0.487 e. The molecule has 2 aromatic carbocycles. The van der Waals surface area contributed by atoms with Gasteiger partial charge in [0.25, 0.3) is 17.7 Å². The average molecular weight is 494 g/mol. The van der Waals surface area contributed by atoms with E-state index in [1.165, 1.54) is 43.5 Å². The van der Waals surface area contributed by atoms with Crippen molar-refractivity contribution in [2.45, 2.75) is 6.30 Å². The predicted octanol–water partition coefficient (Wildman–Crippen LogP) is 4.54. The fourth-order valence-electron chi connectivity index (χ4n) is 2.68. The van der Waals surface area contributed by atoms with E-state index in [1.54, 1.807) is 12.1 Å².